The molecule has 1 heterocycles. The van der Waals surface area contributed by atoms with E-state index in [1.54, 1.807) is 0 Å². The van der Waals surface area contributed by atoms with Crippen molar-refractivity contribution >= 4 is 24.0 Å². The fourth-order valence-electron chi connectivity index (χ4n) is 1.73. The van der Waals surface area contributed by atoms with Crippen LogP contribution < -0.4 is 5.32 Å². The van der Waals surface area contributed by atoms with Gasteiger partial charge in [0.05, 0.1) is 19.2 Å². The second-order valence-corrected chi connectivity index (χ2v) is 4.35. The van der Waals surface area contributed by atoms with Crippen molar-refractivity contribution in [2.75, 3.05) is 6.54 Å². The van der Waals surface area contributed by atoms with Gasteiger partial charge in [-0.1, -0.05) is 23.7 Å². The molecule has 0 spiro atoms. The van der Waals surface area contributed by atoms with Gasteiger partial charge in [0.25, 0.3) is 0 Å². The lowest BCUT2D eigenvalue weighted by molar-refractivity contribution is 0.502. The van der Waals surface area contributed by atoms with Crippen LogP contribution in [0.15, 0.2) is 34.7 Å². The molecular formula is C14H14Cl2N2O. The van der Waals surface area contributed by atoms with Gasteiger partial charge in [0.1, 0.15) is 11.5 Å². The Morgan fingerprint density at radius 1 is 1.32 bits per heavy atom. The molecule has 3 nitrogen and oxygen atoms in total. The van der Waals surface area contributed by atoms with Gasteiger partial charge in [0.15, 0.2) is 0 Å². The van der Waals surface area contributed by atoms with Crippen molar-refractivity contribution in [3.63, 3.8) is 0 Å². The molecule has 0 fully saturated rings. The van der Waals surface area contributed by atoms with Crippen molar-refractivity contribution in [3.05, 3.63) is 46.7 Å². The highest BCUT2D eigenvalue weighted by molar-refractivity contribution is 6.31. The van der Waals surface area contributed by atoms with Crippen LogP contribution in [-0.4, -0.2) is 6.54 Å². The van der Waals surface area contributed by atoms with Gasteiger partial charge < -0.3 is 4.42 Å². The number of furan rings is 1. The number of nitriles is 1. The summed E-state index contributed by atoms with van der Waals surface area (Å²) in [6.07, 6.45) is 0. The van der Waals surface area contributed by atoms with E-state index in [-0.39, 0.29) is 12.4 Å². The van der Waals surface area contributed by atoms with Crippen LogP contribution >= 0.6 is 24.0 Å². The molecule has 1 aromatic heterocycles. The predicted molar refractivity (Wildman–Crippen MR) is 78.5 cm³/mol. The van der Waals surface area contributed by atoms with E-state index in [1.165, 1.54) is 0 Å². The van der Waals surface area contributed by atoms with Crippen LogP contribution in [0.1, 0.15) is 11.3 Å². The van der Waals surface area contributed by atoms with E-state index in [2.05, 4.69) is 5.32 Å². The van der Waals surface area contributed by atoms with Crippen molar-refractivity contribution in [2.45, 2.75) is 13.5 Å². The number of hydrogen-bond acceptors (Lipinski definition) is 3. The Hall–Kier alpha value is -1.47. The lowest BCUT2D eigenvalue weighted by Gasteiger charge is -2.04. The Morgan fingerprint density at radius 2 is 2.11 bits per heavy atom. The molecule has 0 bridgehead atoms. The van der Waals surface area contributed by atoms with E-state index in [0.717, 1.165) is 27.7 Å². The van der Waals surface area contributed by atoms with Crippen LogP contribution in [0.3, 0.4) is 0 Å². The van der Waals surface area contributed by atoms with Crippen LogP contribution in [0.4, 0.5) is 0 Å². The molecule has 5 heteroatoms. The highest BCUT2D eigenvalue weighted by atomic mass is 35.5. The summed E-state index contributed by atoms with van der Waals surface area (Å²) in [7, 11) is 0. The van der Waals surface area contributed by atoms with E-state index >= 15 is 0 Å². The molecule has 2 rings (SSSR count). The predicted octanol–water partition coefficient (Wildman–Crippen LogP) is 3.94. The maximum Gasteiger partial charge on any atom is 0.134 e. The van der Waals surface area contributed by atoms with Gasteiger partial charge in [-0.25, -0.2) is 0 Å². The molecule has 0 unspecified atom stereocenters. The minimum absolute atomic E-state index is 0. The molecule has 2 aromatic rings. The molecule has 0 aliphatic heterocycles. The van der Waals surface area contributed by atoms with Crippen LogP contribution in [0.25, 0.3) is 11.3 Å². The van der Waals surface area contributed by atoms with Gasteiger partial charge >= 0.3 is 0 Å². The van der Waals surface area contributed by atoms with E-state index < -0.39 is 0 Å². The third-order valence-electron chi connectivity index (χ3n) is 2.70. The summed E-state index contributed by atoms with van der Waals surface area (Å²) in [6.45, 7) is 2.83. The average Bonchev–Trinajstić information content (AvgIpc) is 2.82. The fourth-order valence-corrected chi connectivity index (χ4v) is 1.91. The third kappa shape index (κ3) is 3.74. The second kappa shape index (κ2) is 7.20. The molecule has 1 aromatic carbocycles. The zero-order chi connectivity index (χ0) is 13.0. The highest BCUT2D eigenvalue weighted by Gasteiger charge is 2.09. The standard InChI is InChI=1S/C14H13ClN2O.ClH/c1-10-12(3-2-4-13(10)15)14-6-5-11(18-14)9-17-8-7-16;/h2-6,17H,8-9H2,1H3;1H. The second-order valence-electron chi connectivity index (χ2n) is 3.94. The summed E-state index contributed by atoms with van der Waals surface area (Å²) < 4.78 is 5.72. The van der Waals surface area contributed by atoms with Gasteiger partial charge in [0, 0.05) is 10.6 Å². The minimum atomic E-state index is 0. The van der Waals surface area contributed by atoms with E-state index in [9.17, 15) is 0 Å². The van der Waals surface area contributed by atoms with Gasteiger partial charge in [-0.05, 0) is 30.7 Å². The lowest BCUT2D eigenvalue weighted by Crippen LogP contribution is -2.12. The topological polar surface area (TPSA) is 49.0 Å². The summed E-state index contributed by atoms with van der Waals surface area (Å²) in [4.78, 5) is 0. The van der Waals surface area contributed by atoms with Crippen LogP contribution in [0, 0.1) is 18.3 Å². The van der Waals surface area contributed by atoms with E-state index in [0.29, 0.717) is 13.1 Å². The molecule has 0 amide bonds. The maximum absolute atomic E-state index is 8.44. The first-order chi connectivity index (χ1) is 8.72. The Balaban J connectivity index is 0.00000180. The van der Waals surface area contributed by atoms with Crippen LogP contribution in [0.5, 0.6) is 0 Å². The third-order valence-corrected chi connectivity index (χ3v) is 3.11. The van der Waals surface area contributed by atoms with Crippen molar-refractivity contribution in [2.24, 2.45) is 0 Å². The molecular weight excluding hydrogens is 283 g/mol. The summed E-state index contributed by atoms with van der Waals surface area (Å²) in [5, 5.41) is 12.1. The number of rotatable bonds is 4. The number of hydrogen-bond donors (Lipinski definition) is 1. The molecule has 1 N–H and O–H groups in total. The molecule has 100 valence electrons. The molecule has 0 aliphatic rings. The maximum atomic E-state index is 8.44. The SMILES string of the molecule is Cc1c(Cl)cccc1-c1ccc(CNCC#N)o1.Cl. The Kier molecular flexibility index (Phi) is 5.91. The van der Waals surface area contributed by atoms with Crippen LogP contribution in [-0.2, 0) is 6.54 Å². The van der Waals surface area contributed by atoms with E-state index in [1.807, 2.05) is 43.3 Å². The Labute approximate surface area is 123 Å². The van der Waals surface area contributed by atoms with Gasteiger partial charge in [-0.2, -0.15) is 5.26 Å². The number of nitrogens with one attached hydrogen (secondary N) is 1. The Morgan fingerprint density at radius 3 is 2.84 bits per heavy atom. The number of nitrogens with zero attached hydrogens (tertiary/aromatic N) is 1. The normalized spacial score (nSPS) is 9.74. The molecule has 0 saturated carbocycles. The Bertz CT molecular complexity index is 587. The zero-order valence-corrected chi connectivity index (χ0v) is 12.0. The first-order valence-corrected chi connectivity index (χ1v) is 6.02. The van der Waals surface area contributed by atoms with Crippen molar-refractivity contribution in [1.29, 1.82) is 5.26 Å². The van der Waals surface area contributed by atoms with Crippen molar-refractivity contribution in [1.82, 2.24) is 5.32 Å². The van der Waals surface area contributed by atoms with Crippen molar-refractivity contribution in [3.8, 4) is 17.4 Å². The largest absolute Gasteiger partial charge is 0.460 e. The monoisotopic (exact) mass is 296 g/mol. The zero-order valence-electron chi connectivity index (χ0n) is 10.4. The van der Waals surface area contributed by atoms with E-state index in [4.69, 9.17) is 21.3 Å². The van der Waals surface area contributed by atoms with Gasteiger partial charge in [-0.3, -0.25) is 5.32 Å². The molecule has 0 radical (unpaired) electrons. The quantitative estimate of drug-likeness (QED) is 0.687. The number of halogens is 2. The first kappa shape index (κ1) is 15.6. The molecule has 0 atom stereocenters. The smallest absolute Gasteiger partial charge is 0.134 e. The average molecular weight is 297 g/mol. The summed E-state index contributed by atoms with van der Waals surface area (Å²) in [6, 6.07) is 11.6. The summed E-state index contributed by atoms with van der Waals surface area (Å²) in [5.41, 5.74) is 2.00. The molecule has 0 aliphatic carbocycles. The van der Waals surface area contributed by atoms with Crippen molar-refractivity contribution < 1.29 is 4.42 Å². The molecule has 19 heavy (non-hydrogen) atoms. The lowest BCUT2D eigenvalue weighted by atomic mass is 10.1. The number of benzene rings is 1. The molecule has 0 saturated heterocycles. The summed E-state index contributed by atoms with van der Waals surface area (Å²) in [5.74, 6) is 1.60. The van der Waals surface area contributed by atoms with Crippen LogP contribution in [0.2, 0.25) is 5.02 Å². The van der Waals surface area contributed by atoms with Gasteiger partial charge in [-0.15, -0.1) is 12.4 Å². The summed E-state index contributed by atoms with van der Waals surface area (Å²) >= 11 is 6.08. The van der Waals surface area contributed by atoms with Gasteiger partial charge in [0.2, 0.25) is 0 Å². The fraction of sp³-hybridized carbons (Fsp3) is 0.214. The first-order valence-electron chi connectivity index (χ1n) is 5.64. The minimum Gasteiger partial charge on any atom is -0.460 e. The highest BCUT2D eigenvalue weighted by Crippen LogP contribution is 2.29.